The number of nitrogens with one attached hydrogen (secondary N) is 1. The predicted octanol–water partition coefficient (Wildman–Crippen LogP) is 1.16. The summed E-state index contributed by atoms with van der Waals surface area (Å²) in [5.74, 6) is -1.20. The maximum absolute atomic E-state index is 10.8. The van der Waals surface area contributed by atoms with E-state index in [-0.39, 0.29) is 5.70 Å². The molecule has 82 valence electrons. The van der Waals surface area contributed by atoms with Crippen molar-refractivity contribution in [1.82, 2.24) is 5.43 Å². The molecule has 0 unspecified atom stereocenters. The van der Waals surface area contributed by atoms with Crippen molar-refractivity contribution in [3.05, 3.63) is 41.1 Å². The zero-order valence-electron chi connectivity index (χ0n) is 8.08. The summed E-state index contributed by atoms with van der Waals surface area (Å²) < 4.78 is 3.10. The molecule has 0 spiro atoms. The van der Waals surface area contributed by atoms with Gasteiger partial charge in [0.05, 0.1) is 12.4 Å². The van der Waals surface area contributed by atoms with E-state index in [1.807, 2.05) is 0 Å². The number of rotatable bonds is 5. The Labute approximate surface area is 96.9 Å². The third-order valence-corrected chi connectivity index (χ3v) is 1.91. The van der Waals surface area contributed by atoms with Gasteiger partial charge in [0, 0.05) is 5.56 Å². The molecule has 0 radical (unpaired) electrons. The van der Waals surface area contributed by atoms with E-state index in [0.29, 0.717) is 17.4 Å². The molecule has 0 aromatic heterocycles. The monoisotopic (exact) mass is 236 g/mol. The van der Waals surface area contributed by atoms with Crippen LogP contribution in [0.15, 0.2) is 34.4 Å². The Balaban J connectivity index is 3.16. The van der Waals surface area contributed by atoms with Gasteiger partial charge in [-0.25, -0.2) is 4.79 Å². The van der Waals surface area contributed by atoms with Crippen molar-refractivity contribution < 1.29 is 14.7 Å². The summed E-state index contributed by atoms with van der Waals surface area (Å²) in [7, 11) is 0. The highest BCUT2D eigenvalue weighted by atomic mass is 32.1. The molecule has 5 nitrogen and oxygen atoms in total. The maximum Gasteiger partial charge on any atom is 0.353 e. The fourth-order valence-electron chi connectivity index (χ4n) is 1.10. The lowest BCUT2D eigenvalue weighted by Gasteiger charge is -2.01. The van der Waals surface area contributed by atoms with Crippen LogP contribution in [0.3, 0.4) is 0 Å². The number of carbonyl (C=O) groups is 2. The minimum atomic E-state index is -1.20. The van der Waals surface area contributed by atoms with E-state index in [2.05, 4.69) is 22.3 Å². The number of aldehydes is 1. The average molecular weight is 236 g/mol. The van der Waals surface area contributed by atoms with Gasteiger partial charge in [0.25, 0.3) is 0 Å². The van der Waals surface area contributed by atoms with Gasteiger partial charge in [-0.2, -0.15) is 0 Å². The normalized spacial score (nSPS) is 10.6. The van der Waals surface area contributed by atoms with Gasteiger partial charge in [-0.05, 0) is 11.6 Å². The molecule has 0 saturated heterocycles. The van der Waals surface area contributed by atoms with Crippen LogP contribution in [-0.2, 0) is 17.2 Å². The summed E-state index contributed by atoms with van der Waals surface area (Å²) in [4.78, 5) is 21.5. The van der Waals surface area contributed by atoms with Gasteiger partial charge < -0.3 is 5.11 Å². The molecular formula is C10H8N2O3S. The summed E-state index contributed by atoms with van der Waals surface area (Å²) in [5.41, 5.74) is 2.86. The fourth-order valence-corrected chi connectivity index (χ4v) is 1.19. The first-order valence-electron chi connectivity index (χ1n) is 4.26. The van der Waals surface area contributed by atoms with Gasteiger partial charge >= 0.3 is 5.97 Å². The molecule has 0 aliphatic heterocycles. The van der Waals surface area contributed by atoms with E-state index in [1.54, 1.807) is 24.3 Å². The molecule has 1 aromatic carbocycles. The molecule has 2 N–H and O–H groups in total. The van der Waals surface area contributed by atoms with Crippen LogP contribution in [0, 0.1) is 0 Å². The number of hydrogen-bond donors (Lipinski definition) is 2. The number of aliphatic carboxylic acids is 1. The van der Waals surface area contributed by atoms with E-state index in [0.717, 1.165) is 0 Å². The Kier molecular flexibility index (Phi) is 4.28. The van der Waals surface area contributed by atoms with Gasteiger partial charge in [0.15, 0.2) is 6.29 Å². The van der Waals surface area contributed by atoms with E-state index in [1.165, 1.54) is 6.08 Å². The maximum atomic E-state index is 10.8. The van der Waals surface area contributed by atoms with Crippen LogP contribution in [0.1, 0.15) is 15.9 Å². The summed E-state index contributed by atoms with van der Waals surface area (Å²) in [6, 6.07) is 6.59. The highest BCUT2D eigenvalue weighted by Gasteiger charge is 2.07. The van der Waals surface area contributed by atoms with Crippen LogP contribution < -0.4 is 5.43 Å². The first-order valence-corrected chi connectivity index (χ1v) is 4.63. The van der Waals surface area contributed by atoms with Crippen molar-refractivity contribution in [2.24, 2.45) is 4.47 Å². The Bertz CT molecular complexity index is 457. The number of nitrogens with zero attached hydrogens (tertiary/aromatic N) is 1. The lowest BCUT2D eigenvalue weighted by molar-refractivity contribution is -0.132. The van der Waals surface area contributed by atoms with Crippen molar-refractivity contribution in [3.63, 3.8) is 0 Å². The average Bonchev–Trinajstić information content (AvgIpc) is 2.29. The predicted molar refractivity (Wildman–Crippen MR) is 60.4 cm³/mol. The Hall–Kier alpha value is -2.08. The zero-order chi connectivity index (χ0) is 12.0. The van der Waals surface area contributed by atoms with E-state index < -0.39 is 5.97 Å². The van der Waals surface area contributed by atoms with Crippen molar-refractivity contribution >= 4 is 30.8 Å². The first-order chi connectivity index (χ1) is 7.69. The standard InChI is InChI=1S/C10H8N2O3S/c13-6-8-4-2-1-3-7(8)5-9(10(14)15)11-12-16/h1-6H,(H,11,16)(H,14,15)/b9-5+. The molecule has 0 aliphatic rings. The van der Waals surface area contributed by atoms with Gasteiger partial charge in [-0.3, -0.25) is 10.2 Å². The lowest BCUT2D eigenvalue weighted by atomic mass is 10.1. The molecule has 1 rings (SSSR count). The summed E-state index contributed by atoms with van der Waals surface area (Å²) in [5, 5.41) is 8.80. The third-order valence-electron chi connectivity index (χ3n) is 1.82. The second kappa shape index (κ2) is 5.72. The minimum Gasteiger partial charge on any atom is -0.477 e. The Morgan fingerprint density at radius 3 is 2.50 bits per heavy atom. The summed E-state index contributed by atoms with van der Waals surface area (Å²) >= 11 is 4.27. The van der Waals surface area contributed by atoms with Gasteiger partial charge in [-0.1, -0.05) is 24.3 Å². The molecule has 0 heterocycles. The number of benzene rings is 1. The van der Waals surface area contributed by atoms with Crippen molar-refractivity contribution in [1.29, 1.82) is 0 Å². The second-order valence-corrected chi connectivity index (χ2v) is 3.00. The zero-order valence-corrected chi connectivity index (χ0v) is 8.90. The number of hydrogen-bond acceptors (Lipinski definition) is 4. The SMILES string of the molecule is O=Cc1ccccc1/C=C(/NN=S)C(=O)O. The summed E-state index contributed by atoms with van der Waals surface area (Å²) in [6.07, 6.45) is 1.94. The number of carboxylic acids is 1. The topological polar surface area (TPSA) is 78.8 Å². The van der Waals surface area contributed by atoms with E-state index >= 15 is 0 Å². The van der Waals surface area contributed by atoms with Crippen LogP contribution in [0.25, 0.3) is 6.08 Å². The fraction of sp³-hybridized carbons (Fsp3) is 0. The Morgan fingerprint density at radius 1 is 1.38 bits per heavy atom. The van der Waals surface area contributed by atoms with E-state index in [9.17, 15) is 9.59 Å². The Morgan fingerprint density at radius 2 is 2.00 bits per heavy atom. The first kappa shape index (κ1) is 12.0. The molecule has 16 heavy (non-hydrogen) atoms. The van der Waals surface area contributed by atoms with Crippen molar-refractivity contribution in [3.8, 4) is 0 Å². The van der Waals surface area contributed by atoms with E-state index in [4.69, 9.17) is 5.11 Å². The second-order valence-electron chi connectivity index (χ2n) is 2.81. The van der Waals surface area contributed by atoms with Crippen LogP contribution in [0.4, 0.5) is 0 Å². The quantitative estimate of drug-likeness (QED) is 0.455. The van der Waals surface area contributed by atoms with Gasteiger partial charge in [0.1, 0.15) is 5.70 Å². The van der Waals surface area contributed by atoms with Crippen LogP contribution in [0.2, 0.25) is 0 Å². The smallest absolute Gasteiger partial charge is 0.353 e. The third kappa shape index (κ3) is 2.96. The minimum absolute atomic E-state index is 0.190. The highest BCUT2D eigenvalue weighted by Crippen LogP contribution is 2.10. The molecule has 0 atom stereocenters. The molecule has 6 heteroatoms. The molecule has 0 aliphatic carbocycles. The molecule has 0 amide bonds. The van der Waals surface area contributed by atoms with Crippen LogP contribution in [0.5, 0.6) is 0 Å². The molecule has 1 aromatic rings. The molecule has 0 saturated carbocycles. The van der Waals surface area contributed by atoms with Gasteiger partial charge in [0.2, 0.25) is 0 Å². The number of carboxylic acid groups (broad SMARTS) is 1. The molecule has 0 bridgehead atoms. The van der Waals surface area contributed by atoms with Crippen LogP contribution >= 0.6 is 0 Å². The van der Waals surface area contributed by atoms with Crippen molar-refractivity contribution in [2.75, 3.05) is 0 Å². The lowest BCUT2D eigenvalue weighted by Crippen LogP contribution is -2.14. The number of carbonyl (C=O) groups excluding carboxylic acids is 1. The van der Waals surface area contributed by atoms with Gasteiger partial charge in [-0.15, -0.1) is 4.47 Å². The largest absolute Gasteiger partial charge is 0.477 e. The molecular weight excluding hydrogens is 228 g/mol. The highest BCUT2D eigenvalue weighted by molar-refractivity contribution is 7.47. The van der Waals surface area contributed by atoms with Crippen molar-refractivity contribution in [2.45, 2.75) is 0 Å². The van der Waals surface area contributed by atoms with Crippen LogP contribution in [-0.4, -0.2) is 17.4 Å². The molecule has 0 fully saturated rings. The summed E-state index contributed by atoms with van der Waals surface area (Å²) in [6.45, 7) is 0.